The summed E-state index contributed by atoms with van der Waals surface area (Å²) in [5, 5.41) is 2.87. The van der Waals surface area contributed by atoms with Crippen LogP contribution in [0, 0.1) is 5.92 Å². The van der Waals surface area contributed by atoms with Gasteiger partial charge in [0.2, 0.25) is 0 Å². The summed E-state index contributed by atoms with van der Waals surface area (Å²) in [6.45, 7) is 1.19. The number of hydrogen-bond acceptors (Lipinski definition) is 5. The number of likely N-dealkylation sites (N-methyl/N-ethyl adjacent to an activating group) is 1. The highest BCUT2D eigenvalue weighted by atomic mass is 16.5. The molecule has 2 rings (SSSR count). The Morgan fingerprint density at radius 1 is 1.26 bits per heavy atom. The van der Waals surface area contributed by atoms with Crippen molar-refractivity contribution in [2.24, 2.45) is 5.92 Å². The number of rotatable bonds is 5. The summed E-state index contributed by atoms with van der Waals surface area (Å²) in [5.41, 5.74) is 0. The van der Waals surface area contributed by atoms with Gasteiger partial charge < -0.3 is 15.0 Å². The normalized spacial score (nSPS) is 24.8. The summed E-state index contributed by atoms with van der Waals surface area (Å²) < 4.78 is 4.86. The van der Waals surface area contributed by atoms with E-state index in [2.05, 4.69) is 12.2 Å². The molecule has 23 heavy (non-hydrogen) atoms. The quantitative estimate of drug-likeness (QED) is 0.572. The number of amides is 4. The molecular formula is C15H23N3O5. The van der Waals surface area contributed by atoms with Gasteiger partial charge >= 0.3 is 12.0 Å². The van der Waals surface area contributed by atoms with E-state index in [4.69, 9.17) is 4.74 Å². The molecule has 128 valence electrons. The predicted molar refractivity (Wildman–Crippen MR) is 80.3 cm³/mol. The van der Waals surface area contributed by atoms with Gasteiger partial charge in [-0.25, -0.2) is 4.79 Å². The van der Waals surface area contributed by atoms with Crippen LogP contribution in [0.15, 0.2) is 0 Å². The van der Waals surface area contributed by atoms with Crippen molar-refractivity contribution < 1.29 is 23.9 Å². The van der Waals surface area contributed by atoms with Gasteiger partial charge in [0.1, 0.15) is 13.1 Å². The van der Waals surface area contributed by atoms with Crippen molar-refractivity contribution in [1.29, 1.82) is 0 Å². The van der Waals surface area contributed by atoms with Gasteiger partial charge in [0.05, 0.1) is 0 Å². The third-order valence-electron chi connectivity index (χ3n) is 4.34. The van der Waals surface area contributed by atoms with Crippen LogP contribution >= 0.6 is 0 Å². The lowest BCUT2D eigenvalue weighted by Gasteiger charge is -2.29. The molecule has 2 aliphatic rings. The molecule has 0 unspecified atom stereocenters. The summed E-state index contributed by atoms with van der Waals surface area (Å²) in [6.07, 6.45) is 4.28. The number of urea groups is 1. The zero-order chi connectivity index (χ0) is 17.0. The van der Waals surface area contributed by atoms with Crippen LogP contribution in [0.4, 0.5) is 4.79 Å². The van der Waals surface area contributed by atoms with Crippen molar-refractivity contribution >= 4 is 23.8 Å². The molecule has 1 saturated carbocycles. The molecule has 2 atom stereocenters. The first-order chi connectivity index (χ1) is 10.9. The van der Waals surface area contributed by atoms with Gasteiger partial charge in [-0.1, -0.05) is 19.8 Å². The van der Waals surface area contributed by atoms with Crippen molar-refractivity contribution in [1.82, 2.24) is 15.1 Å². The van der Waals surface area contributed by atoms with E-state index in [-0.39, 0.29) is 18.5 Å². The van der Waals surface area contributed by atoms with Crippen LogP contribution in [0.25, 0.3) is 0 Å². The molecule has 1 aliphatic carbocycles. The highest BCUT2D eigenvalue weighted by Crippen LogP contribution is 2.23. The molecule has 1 N–H and O–H groups in total. The van der Waals surface area contributed by atoms with Gasteiger partial charge in [-0.3, -0.25) is 19.3 Å². The maximum atomic E-state index is 11.8. The summed E-state index contributed by atoms with van der Waals surface area (Å²) in [4.78, 5) is 48.7. The number of carbonyl (C=O) groups is 4. The van der Waals surface area contributed by atoms with Crippen molar-refractivity contribution in [3.05, 3.63) is 0 Å². The number of ether oxygens (including phenoxy) is 1. The molecule has 8 heteroatoms. The second-order valence-electron chi connectivity index (χ2n) is 6.21. The molecular weight excluding hydrogens is 302 g/mol. The van der Waals surface area contributed by atoms with Gasteiger partial charge in [-0.15, -0.1) is 0 Å². The van der Waals surface area contributed by atoms with Crippen LogP contribution < -0.4 is 5.32 Å². The minimum absolute atomic E-state index is 0.0494. The second-order valence-corrected chi connectivity index (χ2v) is 6.21. The minimum atomic E-state index is -0.770. The van der Waals surface area contributed by atoms with E-state index >= 15 is 0 Å². The third-order valence-corrected chi connectivity index (χ3v) is 4.34. The van der Waals surface area contributed by atoms with Crippen molar-refractivity contribution in [3.63, 3.8) is 0 Å². The van der Waals surface area contributed by atoms with Crippen LogP contribution in [0.3, 0.4) is 0 Å². The van der Waals surface area contributed by atoms with Crippen molar-refractivity contribution in [2.45, 2.75) is 38.6 Å². The monoisotopic (exact) mass is 325 g/mol. The molecule has 2 fully saturated rings. The Labute approximate surface area is 135 Å². The molecule has 8 nitrogen and oxygen atoms in total. The largest absolute Gasteiger partial charge is 0.454 e. The zero-order valence-corrected chi connectivity index (χ0v) is 13.5. The molecule has 0 spiro atoms. The fourth-order valence-electron chi connectivity index (χ4n) is 2.92. The standard InChI is InChI=1S/C15H23N3O5/c1-10-5-3-4-6-11(10)16-12(19)9-23-14(21)8-18-13(20)7-17(2)15(18)22/h10-11H,3-9H2,1-2H3,(H,16,19)/t10-,11+/m1/s1. The average molecular weight is 325 g/mol. The van der Waals surface area contributed by atoms with Gasteiger partial charge in [0.25, 0.3) is 11.8 Å². The maximum absolute atomic E-state index is 11.8. The maximum Gasteiger partial charge on any atom is 0.327 e. The molecule has 0 aromatic heterocycles. The molecule has 0 aromatic rings. The second kappa shape index (κ2) is 7.43. The molecule has 0 bridgehead atoms. The molecule has 1 saturated heterocycles. The van der Waals surface area contributed by atoms with Crippen LogP contribution in [-0.2, 0) is 19.1 Å². The van der Waals surface area contributed by atoms with E-state index in [0.717, 1.165) is 24.2 Å². The molecule has 1 aliphatic heterocycles. The number of nitrogens with one attached hydrogen (secondary N) is 1. The smallest absolute Gasteiger partial charge is 0.327 e. The lowest BCUT2D eigenvalue weighted by Crippen LogP contribution is -2.43. The molecule has 0 radical (unpaired) electrons. The third kappa shape index (κ3) is 4.43. The Bertz CT molecular complexity index is 507. The van der Waals surface area contributed by atoms with Crippen LogP contribution in [0.1, 0.15) is 32.6 Å². The fraction of sp³-hybridized carbons (Fsp3) is 0.733. The first-order valence-corrected chi connectivity index (χ1v) is 7.89. The van der Waals surface area contributed by atoms with Crippen LogP contribution in [0.2, 0.25) is 0 Å². The molecule has 4 amide bonds. The summed E-state index contributed by atoms with van der Waals surface area (Å²) in [6, 6.07) is -0.419. The Morgan fingerprint density at radius 2 is 1.96 bits per heavy atom. The Kier molecular flexibility index (Phi) is 5.57. The lowest BCUT2D eigenvalue weighted by molar-refractivity contribution is -0.150. The number of hydrogen-bond donors (Lipinski definition) is 1. The van der Waals surface area contributed by atoms with Gasteiger partial charge in [-0.05, 0) is 18.8 Å². The predicted octanol–water partition coefficient (Wildman–Crippen LogP) is 0.119. The van der Waals surface area contributed by atoms with Gasteiger partial charge in [0.15, 0.2) is 6.61 Å². The Hall–Kier alpha value is -2.12. The summed E-state index contributed by atoms with van der Waals surface area (Å²) in [7, 11) is 1.48. The van der Waals surface area contributed by atoms with Gasteiger partial charge in [0, 0.05) is 13.1 Å². The summed E-state index contributed by atoms with van der Waals surface area (Å²) in [5.74, 6) is -1.16. The number of nitrogens with zero attached hydrogens (tertiary/aromatic N) is 2. The number of carbonyl (C=O) groups excluding carboxylic acids is 4. The summed E-state index contributed by atoms with van der Waals surface area (Å²) >= 11 is 0. The SMILES string of the molecule is C[C@@H]1CCCC[C@@H]1NC(=O)COC(=O)CN1C(=O)CN(C)C1=O. The first kappa shape index (κ1) is 17.2. The lowest BCUT2D eigenvalue weighted by atomic mass is 9.86. The zero-order valence-electron chi connectivity index (χ0n) is 13.5. The van der Waals surface area contributed by atoms with E-state index in [0.29, 0.717) is 5.92 Å². The Morgan fingerprint density at radius 3 is 2.57 bits per heavy atom. The highest BCUT2D eigenvalue weighted by Gasteiger charge is 2.35. The first-order valence-electron chi connectivity index (χ1n) is 7.89. The number of esters is 1. The molecule has 1 heterocycles. The van der Waals surface area contributed by atoms with E-state index in [1.54, 1.807) is 0 Å². The van der Waals surface area contributed by atoms with E-state index in [9.17, 15) is 19.2 Å². The van der Waals surface area contributed by atoms with E-state index < -0.39 is 31.1 Å². The van der Waals surface area contributed by atoms with Crippen LogP contribution in [-0.4, -0.2) is 66.4 Å². The van der Waals surface area contributed by atoms with Crippen molar-refractivity contribution in [2.75, 3.05) is 26.7 Å². The van der Waals surface area contributed by atoms with E-state index in [1.165, 1.54) is 18.4 Å². The van der Waals surface area contributed by atoms with Crippen LogP contribution in [0.5, 0.6) is 0 Å². The van der Waals surface area contributed by atoms with Crippen molar-refractivity contribution in [3.8, 4) is 0 Å². The van der Waals surface area contributed by atoms with Gasteiger partial charge in [-0.2, -0.15) is 0 Å². The van der Waals surface area contributed by atoms with E-state index in [1.807, 2.05) is 0 Å². The Balaban J connectivity index is 1.72. The fourth-order valence-corrected chi connectivity index (χ4v) is 2.92. The topological polar surface area (TPSA) is 96.0 Å². The number of imide groups is 1. The average Bonchev–Trinajstić information content (AvgIpc) is 2.74. The highest BCUT2D eigenvalue weighted by molar-refractivity contribution is 6.04. The molecule has 0 aromatic carbocycles. The minimum Gasteiger partial charge on any atom is -0.454 e.